The number of rotatable bonds is 7. The molecule has 0 spiro atoms. The quantitative estimate of drug-likeness (QED) is 0.596. The molecule has 0 bridgehead atoms. The fraction of sp³-hybridized carbons (Fsp3) is 0.400. The fourth-order valence-corrected chi connectivity index (χ4v) is 4.09. The molecule has 5 heteroatoms. The molecule has 132 valence electrons. The van der Waals surface area contributed by atoms with E-state index in [-0.39, 0.29) is 6.61 Å². The van der Waals surface area contributed by atoms with Crippen molar-refractivity contribution < 1.29 is 5.11 Å². The molecule has 0 radical (unpaired) electrons. The van der Waals surface area contributed by atoms with Crippen LogP contribution in [0.5, 0.6) is 0 Å². The van der Waals surface area contributed by atoms with Gasteiger partial charge in [-0.25, -0.2) is 9.97 Å². The zero-order valence-corrected chi connectivity index (χ0v) is 15.9. The first-order valence-electron chi connectivity index (χ1n) is 8.87. The molecule has 2 N–H and O–H groups in total. The number of thiophene rings is 1. The standard InChI is InChI=1S/C20H25N3OS/c1-4-16-17(15-8-6-14(7-9-15)13(2)3)18-19(21-10-5-11-24)22-12-23-20(18)25-16/h6-9,12-13,24H,4-5,10-11H2,1-3H3,(H,21,22,23). The summed E-state index contributed by atoms with van der Waals surface area (Å²) in [7, 11) is 0. The molecular formula is C20H25N3OS. The second kappa shape index (κ2) is 7.93. The van der Waals surface area contributed by atoms with Gasteiger partial charge in [0.2, 0.25) is 0 Å². The molecule has 25 heavy (non-hydrogen) atoms. The summed E-state index contributed by atoms with van der Waals surface area (Å²) in [6, 6.07) is 8.85. The predicted molar refractivity (Wildman–Crippen MR) is 107 cm³/mol. The van der Waals surface area contributed by atoms with E-state index in [0.717, 1.165) is 22.5 Å². The molecular weight excluding hydrogens is 330 g/mol. The van der Waals surface area contributed by atoms with Gasteiger partial charge in [-0.1, -0.05) is 45.0 Å². The van der Waals surface area contributed by atoms with Crippen LogP contribution in [0.4, 0.5) is 5.82 Å². The minimum absolute atomic E-state index is 0.175. The number of aryl methyl sites for hydroxylation is 1. The molecule has 0 fully saturated rings. The molecule has 2 heterocycles. The first-order valence-corrected chi connectivity index (χ1v) is 9.68. The summed E-state index contributed by atoms with van der Waals surface area (Å²) in [4.78, 5) is 11.3. The molecule has 0 unspecified atom stereocenters. The van der Waals surface area contributed by atoms with Crippen molar-refractivity contribution in [1.82, 2.24) is 9.97 Å². The largest absolute Gasteiger partial charge is 0.396 e. The van der Waals surface area contributed by atoms with Crippen LogP contribution in [0.2, 0.25) is 0 Å². The third-order valence-corrected chi connectivity index (χ3v) is 5.62. The molecule has 2 aromatic heterocycles. The minimum atomic E-state index is 0.175. The minimum Gasteiger partial charge on any atom is -0.396 e. The van der Waals surface area contributed by atoms with E-state index in [0.29, 0.717) is 18.9 Å². The fourth-order valence-electron chi connectivity index (χ4n) is 2.99. The van der Waals surface area contributed by atoms with E-state index in [9.17, 15) is 0 Å². The van der Waals surface area contributed by atoms with E-state index in [1.54, 1.807) is 17.7 Å². The van der Waals surface area contributed by atoms with Gasteiger partial charge in [-0.15, -0.1) is 11.3 Å². The summed E-state index contributed by atoms with van der Waals surface area (Å²) in [6.45, 7) is 7.48. The maximum atomic E-state index is 9.03. The average Bonchev–Trinajstić information content (AvgIpc) is 3.01. The van der Waals surface area contributed by atoms with Gasteiger partial charge in [0.05, 0.1) is 5.39 Å². The highest BCUT2D eigenvalue weighted by atomic mass is 32.1. The van der Waals surface area contributed by atoms with Crippen molar-refractivity contribution in [3.63, 3.8) is 0 Å². The van der Waals surface area contributed by atoms with Gasteiger partial charge < -0.3 is 10.4 Å². The number of aliphatic hydroxyl groups excluding tert-OH is 1. The Kier molecular flexibility index (Phi) is 5.66. The molecule has 0 saturated heterocycles. The number of hydrogen-bond donors (Lipinski definition) is 2. The number of anilines is 1. The zero-order chi connectivity index (χ0) is 17.8. The van der Waals surface area contributed by atoms with Crippen molar-refractivity contribution in [2.45, 2.75) is 39.5 Å². The van der Waals surface area contributed by atoms with Crippen LogP contribution in [-0.2, 0) is 6.42 Å². The predicted octanol–water partition coefficient (Wildman–Crippen LogP) is 4.84. The monoisotopic (exact) mass is 355 g/mol. The topological polar surface area (TPSA) is 58.0 Å². The molecule has 0 aliphatic rings. The van der Waals surface area contributed by atoms with Gasteiger partial charge in [-0.05, 0) is 29.9 Å². The molecule has 0 atom stereocenters. The molecule has 4 nitrogen and oxygen atoms in total. The van der Waals surface area contributed by atoms with Gasteiger partial charge in [-0.3, -0.25) is 0 Å². The first-order chi connectivity index (χ1) is 12.2. The summed E-state index contributed by atoms with van der Waals surface area (Å²) in [5.41, 5.74) is 3.80. The highest BCUT2D eigenvalue weighted by Crippen LogP contribution is 2.41. The Hall–Kier alpha value is -1.98. The van der Waals surface area contributed by atoms with Gasteiger partial charge >= 0.3 is 0 Å². The van der Waals surface area contributed by atoms with Crippen LogP contribution in [0.15, 0.2) is 30.6 Å². The SMILES string of the molecule is CCc1sc2ncnc(NCCCO)c2c1-c1ccc(C(C)C)cc1. The number of nitrogens with one attached hydrogen (secondary N) is 1. The van der Waals surface area contributed by atoms with E-state index in [1.807, 2.05) is 0 Å². The van der Waals surface area contributed by atoms with Crippen LogP contribution in [0.25, 0.3) is 21.3 Å². The Bertz CT molecular complexity index is 840. The second-order valence-corrected chi connectivity index (χ2v) is 7.52. The van der Waals surface area contributed by atoms with Crippen molar-refractivity contribution in [3.05, 3.63) is 41.0 Å². The molecule has 3 rings (SSSR count). The third-order valence-electron chi connectivity index (χ3n) is 4.38. The van der Waals surface area contributed by atoms with Crippen molar-refractivity contribution in [2.24, 2.45) is 0 Å². The lowest BCUT2D eigenvalue weighted by atomic mass is 9.97. The number of aromatic nitrogens is 2. The van der Waals surface area contributed by atoms with E-state index in [1.165, 1.54) is 21.6 Å². The highest BCUT2D eigenvalue weighted by Gasteiger charge is 2.18. The normalized spacial score (nSPS) is 11.4. The molecule has 3 aromatic rings. The first kappa shape index (κ1) is 17.8. The molecule has 0 aliphatic carbocycles. The van der Waals surface area contributed by atoms with Crippen LogP contribution in [0.3, 0.4) is 0 Å². The molecule has 1 aromatic carbocycles. The molecule has 0 saturated carbocycles. The second-order valence-electron chi connectivity index (χ2n) is 6.44. The lowest BCUT2D eigenvalue weighted by Crippen LogP contribution is -2.05. The van der Waals surface area contributed by atoms with E-state index >= 15 is 0 Å². The van der Waals surface area contributed by atoms with Gasteiger partial charge in [0, 0.05) is 23.6 Å². The van der Waals surface area contributed by atoms with E-state index in [4.69, 9.17) is 5.11 Å². The lowest BCUT2D eigenvalue weighted by molar-refractivity contribution is 0.292. The summed E-state index contributed by atoms with van der Waals surface area (Å²) >= 11 is 1.74. The highest BCUT2D eigenvalue weighted by molar-refractivity contribution is 7.19. The van der Waals surface area contributed by atoms with Crippen molar-refractivity contribution in [1.29, 1.82) is 0 Å². The Morgan fingerprint density at radius 2 is 1.92 bits per heavy atom. The van der Waals surface area contributed by atoms with E-state index in [2.05, 4.69) is 60.3 Å². The zero-order valence-electron chi connectivity index (χ0n) is 15.0. The Labute approximate surface area is 153 Å². The summed E-state index contributed by atoms with van der Waals surface area (Å²) in [5.74, 6) is 1.38. The lowest BCUT2D eigenvalue weighted by Gasteiger charge is -2.10. The van der Waals surface area contributed by atoms with Gasteiger partial charge in [-0.2, -0.15) is 0 Å². The number of nitrogens with zero attached hydrogens (tertiary/aromatic N) is 2. The van der Waals surface area contributed by atoms with Crippen LogP contribution in [0.1, 0.15) is 43.6 Å². The van der Waals surface area contributed by atoms with Gasteiger partial charge in [0.25, 0.3) is 0 Å². The molecule has 0 aliphatic heterocycles. The van der Waals surface area contributed by atoms with Crippen LogP contribution < -0.4 is 5.32 Å². The van der Waals surface area contributed by atoms with Gasteiger partial charge in [0.1, 0.15) is 17.0 Å². The van der Waals surface area contributed by atoms with Gasteiger partial charge in [0.15, 0.2) is 0 Å². The van der Waals surface area contributed by atoms with Crippen molar-refractivity contribution in [3.8, 4) is 11.1 Å². The maximum absolute atomic E-state index is 9.03. The number of benzene rings is 1. The van der Waals surface area contributed by atoms with Crippen LogP contribution in [-0.4, -0.2) is 28.2 Å². The third kappa shape index (κ3) is 3.67. The molecule has 0 amide bonds. The number of hydrogen-bond acceptors (Lipinski definition) is 5. The summed E-state index contributed by atoms with van der Waals surface area (Å²) < 4.78 is 0. The summed E-state index contributed by atoms with van der Waals surface area (Å²) in [6.07, 6.45) is 3.29. The maximum Gasteiger partial charge on any atom is 0.138 e. The Morgan fingerprint density at radius 3 is 2.56 bits per heavy atom. The smallest absolute Gasteiger partial charge is 0.138 e. The number of fused-ring (bicyclic) bond motifs is 1. The average molecular weight is 356 g/mol. The Balaban J connectivity index is 2.11. The Morgan fingerprint density at radius 1 is 1.16 bits per heavy atom. The summed E-state index contributed by atoms with van der Waals surface area (Å²) in [5, 5.41) is 13.5. The van der Waals surface area contributed by atoms with Crippen LogP contribution >= 0.6 is 11.3 Å². The van der Waals surface area contributed by atoms with Crippen LogP contribution in [0, 0.1) is 0 Å². The van der Waals surface area contributed by atoms with Crippen molar-refractivity contribution in [2.75, 3.05) is 18.5 Å². The van der Waals surface area contributed by atoms with Crippen molar-refractivity contribution >= 4 is 27.4 Å². The van der Waals surface area contributed by atoms with E-state index < -0.39 is 0 Å². The number of aliphatic hydroxyl groups is 1.